The van der Waals surface area contributed by atoms with E-state index in [-0.39, 0.29) is 22.5 Å². The number of nitriles is 1. The molecule has 11 heteroatoms. The lowest BCUT2D eigenvalue weighted by molar-refractivity contribution is 0.0686. The van der Waals surface area contributed by atoms with Crippen LogP contribution in [-0.4, -0.2) is 38.5 Å². The Labute approximate surface area is 151 Å². The van der Waals surface area contributed by atoms with Crippen molar-refractivity contribution < 1.29 is 30.0 Å². The van der Waals surface area contributed by atoms with Crippen LogP contribution in [0.15, 0.2) is 56.9 Å². The Bertz CT molecular complexity index is 922. The molecule has 11 nitrogen and oxygen atoms in total. The Morgan fingerprint density at radius 2 is 1.26 bits per heavy atom. The molecule has 0 aliphatic heterocycles. The maximum absolute atomic E-state index is 10.8. The number of rotatable bonds is 6. The lowest BCUT2D eigenvalue weighted by Crippen LogP contribution is -1.95. The van der Waals surface area contributed by atoms with Crippen molar-refractivity contribution in [2.75, 3.05) is 0 Å². The number of carbonyl (C=O) groups is 2. The number of benzene rings is 2. The summed E-state index contributed by atoms with van der Waals surface area (Å²) in [6, 6.07) is 8.41. The minimum Gasteiger partial charge on any atom is -0.506 e. The number of phenolic OH excluding ortho intramolecular Hbond substituents is 2. The van der Waals surface area contributed by atoms with Crippen molar-refractivity contribution in [3.8, 4) is 17.6 Å². The number of hydrogen-bond donors (Lipinski definition) is 4. The third-order valence-electron chi connectivity index (χ3n) is 3.11. The number of carboxylic acids is 2. The minimum atomic E-state index is -1.41. The smallest absolute Gasteiger partial charge is 0.335 e. The summed E-state index contributed by atoms with van der Waals surface area (Å²) in [5.41, 5.74) is -0.459. The molecule has 0 amide bonds. The molecule has 0 aliphatic carbocycles. The van der Waals surface area contributed by atoms with Gasteiger partial charge in [-0.3, -0.25) is 0 Å². The normalized spacial score (nSPS) is 12.1. The number of aromatic hydroxyl groups is 2. The number of carboxylic acid groups (broad SMARTS) is 2. The second-order valence-corrected chi connectivity index (χ2v) is 4.95. The van der Waals surface area contributed by atoms with Crippen LogP contribution in [0.3, 0.4) is 0 Å². The number of hydrogen-bond acceptors (Lipinski definition) is 9. The summed E-state index contributed by atoms with van der Waals surface area (Å²) in [5, 5.41) is 60.4. The maximum atomic E-state index is 10.8. The van der Waals surface area contributed by atoms with E-state index < -0.39 is 29.6 Å². The van der Waals surface area contributed by atoms with E-state index in [4.69, 9.17) is 15.5 Å². The summed E-state index contributed by atoms with van der Waals surface area (Å²) in [7, 11) is 0. The molecule has 2 aromatic rings. The fourth-order valence-electron chi connectivity index (χ4n) is 1.79. The van der Waals surface area contributed by atoms with Crippen molar-refractivity contribution in [1.29, 1.82) is 5.26 Å². The van der Waals surface area contributed by atoms with Gasteiger partial charge in [-0.2, -0.15) is 5.26 Å². The van der Waals surface area contributed by atoms with E-state index in [1.54, 1.807) is 6.07 Å². The van der Waals surface area contributed by atoms with E-state index in [0.717, 1.165) is 12.1 Å². The molecule has 136 valence electrons. The fourth-order valence-corrected chi connectivity index (χ4v) is 1.79. The molecule has 4 N–H and O–H groups in total. The van der Waals surface area contributed by atoms with Crippen LogP contribution in [0.4, 0.5) is 11.4 Å². The lowest BCUT2D eigenvalue weighted by Gasteiger charge is -2.01. The van der Waals surface area contributed by atoms with E-state index in [9.17, 15) is 19.8 Å². The molecule has 0 saturated heterocycles. The van der Waals surface area contributed by atoms with Crippen LogP contribution in [-0.2, 0) is 0 Å². The Kier molecular flexibility index (Phi) is 5.75. The third-order valence-corrected chi connectivity index (χ3v) is 3.11. The first-order valence-electron chi connectivity index (χ1n) is 7.15. The lowest BCUT2D eigenvalue weighted by atomic mass is 10.2. The standard InChI is InChI=1S/C16H11N5O6/c17-7-14(20-18-10-3-1-8(15(24)25)5-12(10)22)21-19-11-4-2-9(16(26)27)6-13(11)23/h1-6,14,22-23H,(H,24,25)(H,26,27). The van der Waals surface area contributed by atoms with Crippen LogP contribution in [0.25, 0.3) is 0 Å². The summed E-state index contributed by atoms with van der Waals surface area (Å²) >= 11 is 0. The molecule has 2 rings (SSSR count). The van der Waals surface area contributed by atoms with Crippen molar-refractivity contribution >= 4 is 23.3 Å². The second kappa shape index (κ2) is 8.17. The molecular weight excluding hydrogens is 358 g/mol. The van der Waals surface area contributed by atoms with Gasteiger partial charge < -0.3 is 20.4 Å². The number of azo groups is 2. The van der Waals surface area contributed by atoms with Crippen LogP contribution in [0.1, 0.15) is 20.7 Å². The Morgan fingerprint density at radius 1 is 0.852 bits per heavy atom. The van der Waals surface area contributed by atoms with Crippen LogP contribution < -0.4 is 0 Å². The largest absolute Gasteiger partial charge is 0.506 e. The highest BCUT2D eigenvalue weighted by Gasteiger charge is 2.10. The molecule has 0 fully saturated rings. The highest BCUT2D eigenvalue weighted by atomic mass is 16.4. The van der Waals surface area contributed by atoms with Crippen LogP contribution in [0, 0.1) is 11.3 Å². The third kappa shape index (κ3) is 4.83. The maximum Gasteiger partial charge on any atom is 0.335 e. The Morgan fingerprint density at radius 3 is 1.56 bits per heavy atom. The summed E-state index contributed by atoms with van der Waals surface area (Å²) in [4.78, 5) is 21.6. The summed E-state index contributed by atoms with van der Waals surface area (Å²) < 4.78 is 0. The van der Waals surface area contributed by atoms with Gasteiger partial charge in [0.1, 0.15) is 28.9 Å². The van der Waals surface area contributed by atoms with Gasteiger partial charge in [0.05, 0.1) is 11.1 Å². The van der Waals surface area contributed by atoms with Crippen molar-refractivity contribution in [2.24, 2.45) is 20.5 Å². The molecule has 0 radical (unpaired) electrons. The first kappa shape index (κ1) is 19.0. The van der Waals surface area contributed by atoms with E-state index in [2.05, 4.69) is 20.5 Å². The van der Waals surface area contributed by atoms with Gasteiger partial charge in [0, 0.05) is 0 Å². The molecular formula is C16H11N5O6. The zero-order chi connectivity index (χ0) is 20.0. The Hall–Kier alpha value is -4.33. The molecule has 0 atom stereocenters. The van der Waals surface area contributed by atoms with E-state index in [0.29, 0.717) is 0 Å². The van der Waals surface area contributed by atoms with Crippen LogP contribution >= 0.6 is 0 Å². The van der Waals surface area contributed by atoms with Crippen molar-refractivity contribution in [3.05, 3.63) is 47.5 Å². The molecule has 0 aliphatic rings. The van der Waals surface area contributed by atoms with Gasteiger partial charge in [-0.15, -0.1) is 20.5 Å². The number of phenols is 2. The van der Waals surface area contributed by atoms with Gasteiger partial charge in [-0.25, -0.2) is 9.59 Å². The van der Waals surface area contributed by atoms with Gasteiger partial charge >= 0.3 is 11.9 Å². The number of aromatic carboxylic acids is 2. The fraction of sp³-hybridized carbons (Fsp3) is 0.0625. The zero-order valence-electron chi connectivity index (χ0n) is 13.4. The molecule has 0 spiro atoms. The first-order valence-corrected chi connectivity index (χ1v) is 7.15. The van der Waals surface area contributed by atoms with Gasteiger partial charge in [0.15, 0.2) is 0 Å². The molecule has 0 saturated carbocycles. The highest BCUT2D eigenvalue weighted by molar-refractivity contribution is 5.89. The van der Waals surface area contributed by atoms with Gasteiger partial charge in [0.25, 0.3) is 6.17 Å². The molecule has 0 aromatic heterocycles. The highest BCUT2D eigenvalue weighted by Crippen LogP contribution is 2.29. The molecule has 2 aromatic carbocycles. The summed E-state index contributed by atoms with van der Waals surface area (Å²) in [5.74, 6) is -3.36. The molecule has 0 bridgehead atoms. The molecule has 27 heavy (non-hydrogen) atoms. The van der Waals surface area contributed by atoms with Crippen molar-refractivity contribution in [1.82, 2.24) is 0 Å². The van der Waals surface area contributed by atoms with Crippen molar-refractivity contribution in [3.63, 3.8) is 0 Å². The van der Waals surface area contributed by atoms with Crippen LogP contribution in [0.5, 0.6) is 11.5 Å². The minimum absolute atomic E-state index is 0.0795. The predicted octanol–water partition coefficient (Wildman–Crippen LogP) is 3.21. The monoisotopic (exact) mass is 369 g/mol. The molecule has 0 unspecified atom stereocenters. The average Bonchev–Trinajstić information content (AvgIpc) is 2.63. The molecule has 0 heterocycles. The van der Waals surface area contributed by atoms with Gasteiger partial charge in [-0.1, -0.05) is 0 Å². The average molecular weight is 369 g/mol. The quantitative estimate of drug-likeness (QED) is 0.562. The van der Waals surface area contributed by atoms with E-state index in [1.165, 1.54) is 24.3 Å². The Balaban J connectivity index is 2.17. The van der Waals surface area contributed by atoms with Gasteiger partial charge in [0.2, 0.25) is 0 Å². The first-order chi connectivity index (χ1) is 12.8. The van der Waals surface area contributed by atoms with E-state index >= 15 is 0 Å². The van der Waals surface area contributed by atoms with Gasteiger partial charge in [-0.05, 0) is 36.4 Å². The second-order valence-electron chi connectivity index (χ2n) is 4.95. The van der Waals surface area contributed by atoms with Crippen molar-refractivity contribution in [2.45, 2.75) is 6.17 Å². The summed E-state index contributed by atoms with van der Waals surface area (Å²) in [6.07, 6.45) is -1.41. The zero-order valence-corrected chi connectivity index (χ0v) is 13.4. The van der Waals surface area contributed by atoms with Crippen LogP contribution in [0.2, 0.25) is 0 Å². The topological polar surface area (TPSA) is 188 Å². The predicted molar refractivity (Wildman–Crippen MR) is 88.6 cm³/mol. The summed E-state index contributed by atoms with van der Waals surface area (Å²) in [6.45, 7) is 0. The SMILES string of the molecule is N#CC(N=Nc1ccc(C(=O)O)cc1O)N=Nc1ccc(C(=O)O)cc1O. The number of nitrogens with zero attached hydrogens (tertiary/aromatic N) is 5. The van der Waals surface area contributed by atoms with E-state index in [1.807, 2.05) is 0 Å².